The highest BCUT2D eigenvalue weighted by molar-refractivity contribution is 6.42. The van der Waals surface area contributed by atoms with Crippen LogP contribution in [-0.2, 0) is 16.0 Å². The van der Waals surface area contributed by atoms with Gasteiger partial charge < -0.3 is 10.0 Å². The van der Waals surface area contributed by atoms with Gasteiger partial charge in [0, 0.05) is 12.6 Å². The summed E-state index contributed by atoms with van der Waals surface area (Å²) >= 11 is 12.0. The van der Waals surface area contributed by atoms with Gasteiger partial charge in [-0.1, -0.05) is 35.3 Å². The van der Waals surface area contributed by atoms with Crippen LogP contribution in [-0.4, -0.2) is 34.5 Å². The van der Waals surface area contributed by atoms with Crippen LogP contribution in [0.1, 0.15) is 25.3 Å². The third-order valence-electron chi connectivity index (χ3n) is 4.00. The molecule has 1 aromatic rings. The Morgan fingerprint density at radius 1 is 1.38 bits per heavy atom. The second-order valence-corrected chi connectivity index (χ2v) is 6.09. The molecule has 4 nitrogen and oxygen atoms in total. The molecular formula is C15H17Cl2NO3. The van der Waals surface area contributed by atoms with Crippen molar-refractivity contribution in [1.29, 1.82) is 0 Å². The summed E-state index contributed by atoms with van der Waals surface area (Å²) in [6.07, 6.45) is 1.45. The Labute approximate surface area is 133 Å². The summed E-state index contributed by atoms with van der Waals surface area (Å²) in [7, 11) is 0. The molecule has 1 saturated heterocycles. The number of halogens is 2. The van der Waals surface area contributed by atoms with Crippen LogP contribution in [0.3, 0.4) is 0 Å². The SMILES string of the molecule is C[C@@H]1[C@H](C(=O)O)CCCN1C(=O)Cc1cccc(Cl)c1Cl. The predicted molar refractivity (Wildman–Crippen MR) is 81.7 cm³/mol. The molecule has 6 heteroatoms. The number of piperidine rings is 1. The molecule has 1 fully saturated rings. The van der Waals surface area contributed by atoms with Crippen molar-refractivity contribution in [2.24, 2.45) is 5.92 Å². The van der Waals surface area contributed by atoms with E-state index < -0.39 is 11.9 Å². The van der Waals surface area contributed by atoms with E-state index in [-0.39, 0.29) is 18.4 Å². The molecule has 0 unspecified atom stereocenters. The Morgan fingerprint density at radius 3 is 2.76 bits per heavy atom. The average molecular weight is 330 g/mol. The molecule has 2 atom stereocenters. The molecule has 0 spiro atoms. The normalized spacial score (nSPS) is 22.1. The number of carboxylic acid groups (broad SMARTS) is 1. The number of hydrogen-bond donors (Lipinski definition) is 1. The number of benzene rings is 1. The van der Waals surface area contributed by atoms with Gasteiger partial charge in [-0.15, -0.1) is 0 Å². The summed E-state index contributed by atoms with van der Waals surface area (Å²) < 4.78 is 0. The van der Waals surface area contributed by atoms with Crippen molar-refractivity contribution in [3.63, 3.8) is 0 Å². The lowest BCUT2D eigenvalue weighted by atomic mass is 9.90. The van der Waals surface area contributed by atoms with Crippen LogP contribution in [0.5, 0.6) is 0 Å². The first kappa shape index (κ1) is 16.1. The lowest BCUT2D eigenvalue weighted by Gasteiger charge is -2.37. The maximum atomic E-state index is 12.4. The maximum Gasteiger partial charge on any atom is 0.308 e. The molecule has 114 valence electrons. The molecule has 1 aliphatic heterocycles. The van der Waals surface area contributed by atoms with Crippen molar-refractivity contribution in [2.45, 2.75) is 32.2 Å². The second-order valence-electron chi connectivity index (χ2n) is 5.30. The molecule has 1 aliphatic rings. The molecule has 1 aromatic carbocycles. The number of aliphatic carboxylic acids is 1. The van der Waals surface area contributed by atoms with Crippen LogP contribution in [0.25, 0.3) is 0 Å². The predicted octanol–water partition coefficient (Wildman–Crippen LogP) is 3.25. The number of likely N-dealkylation sites (tertiary alicyclic amines) is 1. The van der Waals surface area contributed by atoms with Gasteiger partial charge in [0.1, 0.15) is 0 Å². The molecule has 1 heterocycles. The molecule has 0 bridgehead atoms. The van der Waals surface area contributed by atoms with Gasteiger partial charge in [0.15, 0.2) is 0 Å². The largest absolute Gasteiger partial charge is 0.481 e. The Bertz CT molecular complexity index is 562. The van der Waals surface area contributed by atoms with Crippen molar-refractivity contribution in [3.05, 3.63) is 33.8 Å². The van der Waals surface area contributed by atoms with Gasteiger partial charge in [0.2, 0.25) is 5.91 Å². The number of rotatable bonds is 3. The Hall–Kier alpha value is -1.26. The van der Waals surface area contributed by atoms with E-state index in [0.29, 0.717) is 35.0 Å². The van der Waals surface area contributed by atoms with Gasteiger partial charge in [-0.2, -0.15) is 0 Å². The minimum Gasteiger partial charge on any atom is -0.481 e. The van der Waals surface area contributed by atoms with Crippen molar-refractivity contribution >= 4 is 35.1 Å². The van der Waals surface area contributed by atoms with Gasteiger partial charge in [0.05, 0.1) is 22.4 Å². The lowest BCUT2D eigenvalue weighted by Crippen LogP contribution is -2.49. The van der Waals surface area contributed by atoms with E-state index >= 15 is 0 Å². The van der Waals surface area contributed by atoms with Crippen LogP contribution in [0.2, 0.25) is 10.0 Å². The monoisotopic (exact) mass is 329 g/mol. The molecule has 0 aromatic heterocycles. The molecule has 21 heavy (non-hydrogen) atoms. The van der Waals surface area contributed by atoms with Gasteiger partial charge >= 0.3 is 5.97 Å². The van der Waals surface area contributed by atoms with Gasteiger partial charge in [-0.3, -0.25) is 9.59 Å². The number of carbonyl (C=O) groups excluding carboxylic acids is 1. The molecule has 0 aliphatic carbocycles. The minimum atomic E-state index is -0.846. The number of carboxylic acids is 1. The summed E-state index contributed by atoms with van der Waals surface area (Å²) in [5, 5.41) is 10.00. The van der Waals surface area contributed by atoms with Crippen molar-refractivity contribution < 1.29 is 14.7 Å². The summed E-state index contributed by atoms with van der Waals surface area (Å²) in [6, 6.07) is 4.87. The van der Waals surface area contributed by atoms with Crippen LogP contribution >= 0.6 is 23.2 Å². The van der Waals surface area contributed by atoms with Crippen LogP contribution < -0.4 is 0 Å². The van der Waals surface area contributed by atoms with E-state index in [1.807, 2.05) is 0 Å². The fourth-order valence-electron chi connectivity index (χ4n) is 2.77. The number of amides is 1. The van der Waals surface area contributed by atoms with Gasteiger partial charge in [0.25, 0.3) is 0 Å². The first-order valence-electron chi connectivity index (χ1n) is 6.87. The molecular weight excluding hydrogens is 313 g/mol. The quantitative estimate of drug-likeness (QED) is 0.926. The third-order valence-corrected chi connectivity index (χ3v) is 4.86. The summed E-state index contributed by atoms with van der Waals surface area (Å²) in [6.45, 7) is 2.37. The van der Waals surface area contributed by atoms with E-state index in [1.165, 1.54) is 0 Å². The summed E-state index contributed by atoms with van der Waals surface area (Å²) in [5.74, 6) is -1.46. The molecule has 1 amide bonds. The third kappa shape index (κ3) is 3.50. The highest BCUT2D eigenvalue weighted by Crippen LogP contribution is 2.28. The summed E-state index contributed by atoms with van der Waals surface area (Å²) in [5.41, 5.74) is 0.666. The molecule has 2 rings (SSSR count). The van der Waals surface area contributed by atoms with E-state index in [1.54, 1.807) is 30.0 Å². The first-order chi connectivity index (χ1) is 9.91. The minimum absolute atomic E-state index is 0.113. The zero-order valence-corrected chi connectivity index (χ0v) is 13.2. The standard InChI is InChI=1S/C15H17Cl2NO3/c1-9-11(15(20)21)5-3-7-18(9)13(19)8-10-4-2-6-12(16)14(10)17/h2,4,6,9,11H,3,5,7-8H2,1H3,(H,20,21)/t9-,11-/m1/s1. The first-order valence-corrected chi connectivity index (χ1v) is 7.62. The Morgan fingerprint density at radius 2 is 2.10 bits per heavy atom. The van der Waals surface area contributed by atoms with E-state index in [0.717, 1.165) is 0 Å². The highest BCUT2D eigenvalue weighted by Gasteiger charge is 2.35. The van der Waals surface area contributed by atoms with E-state index in [9.17, 15) is 14.7 Å². The maximum absolute atomic E-state index is 12.4. The van der Waals surface area contributed by atoms with Crippen molar-refractivity contribution in [1.82, 2.24) is 4.90 Å². The fraction of sp³-hybridized carbons (Fsp3) is 0.467. The van der Waals surface area contributed by atoms with E-state index in [2.05, 4.69) is 0 Å². The average Bonchev–Trinajstić information content (AvgIpc) is 2.43. The zero-order valence-electron chi connectivity index (χ0n) is 11.7. The van der Waals surface area contributed by atoms with Gasteiger partial charge in [-0.05, 0) is 31.4 Å². The fourth-order valence-corrected chi connectivity index (χ4v) is 3.16. The molecule has 0 saturated carbocycles. The van der Waals surface area contributed by atoms with Crippen LogP contribution in [0, 0.1) is 5.92 Å². The Balaban J connectivity index is 2.12. The van der Waals surface area contributed by atoms with Gasteiger partial charge in [-0.25, -0.2) is 0 Å². The molecule has 0 radical (unpaired) electrons. The van der Waals surface area contributed by atoms with Crippen molar-refractivity contribution in [2.75, 3.05) is 6.54 Å². The Kier molecular flexibility index (Phi) is 5.12. The van der Waals surface area contributed by atoms with Crippen LogP contribution in [0.15, 0.2) is 18.2 Å². The zero-order chi connectivity index (χ0) is 15.6. The van der Waals surface area contributed by atoms with E-state index in [4.69, 9.17) is 23.2 Å². The summed E-state index contributed by atoms with van der Waals surface area (Å²) in [4.78, 5) is 25.3. The smallest absolute Gasteiger partial charge is 0.308 e. The number of carbonyl (C=O) groups is 2. The second kappa shape index (κ2) is 6.67. The number of nitrogens with zero attached hydrogens (tertiary/aromatic N) is 1. The van der Waals surface area contributed by atoms with Crippen LogP contribution in [0.4, 0.5) is 0 Å². The lowest BCUT2D eigenvalue weighted by molar-refractivity contribution is -0.148. The van der Waals surface area contributed by atoms with Crippen molar-refractivity contribution in [3.8, 4) is 0 Å². The molecule has 1 N–H and O–H groups in total. The number of hydrogen-bond acceptors (Lipinski definition) is 2. The highest BCUT2D eigenvalue weighted by atomic mass is 35.5. The topological polar surface area (TPSA) is 57.6 Å².